The van der Waals surface area contributed by atoms with Gasteiger partial charge >= 0.3 is 5.97 Å². The summed E-state index contributed by atoms with van der Waals surface area (Å²) in [5.41, 5.74) is 1.20. The third-order valence-corrected chi connectivity index (χ3v) is 4.86. The largest absolute Gasteiger partial charge is 0.481 e. The molecule has 1 aliphatic heterocycles. The molecule has 108 valence electrons. The summed E-state index contributed by atoms with van der Waals surface area (Å²) in [6, 6.07) is 5.44. The van der Waals surface area contributed by atoms with Crippen LogP contribution in [0.4, 0.5) is 4.39 Å². The van der Waals surface area contributed by atoms with E-state index in [-0.39, 0.29) is 11.9 Å². The number of carboxylic acid groups (broad SMARTS) is 1. The second kappa shape index (κ2) is 4.85. The lowest BCUT2D eigenvalue weighted by Gasteiger charge is -2.41. The molecule has 3 rings (SSSR count). The first-order chi connectivity index (χ1) is 9.51. The molecule has 0 radical (unpaired) electrons. The fourth-order valence-electron chi connectivity index (χ4n) is 3.69. The van der Waals surface area contributed by atoms with Crippen LogP contribution in [-0.2, 0) is 11.2 Å². The monoisotopic (exact) mass is 277 g/mol. The van der Waals surface area contributed by atoms with Gasteiger partial charge in [0, 0.05) is 12.6 Å². The lowest BCUT2D eigenvalue weighted by Crippen LogP contribution is -2.47. The van der Waals surface area contributed by atoms with E-state index in [0.29, 0.717) is 6.54 Å². The van der Waals surface area contributed by atoms with Crippen LogP contribution in [0.1, 0.15) is 43.4 Å². The van der Waals surface area contributed by atoms with E-state index in [1.165, 1.54) is 6.07 Å². The summed E-state index contributed by atoms with van der Waals surface area (Å²) in [6.45, 7) is 3.29. The van der Waals surface area contributed by atoms with Crippen molar-refractivity contribution >= 4 is 5.97 Å². The Balaban J connectivity index is 1.85. The van der Waals surface area contributed by atoms with Gasteiger partial charge in [0.1, 0.15) is 5.82 Å². The van der Waals surface area contributed by atoms with Crippen molar-refractivity contribution in [2.75, 3.05) is 13.1 Å². The van der Waals surface area contributed by atoms with Crippen LogP contribution in [0.5, 0.6) is 0 Å². The Morgan fingerprint density at radius 2 is 2.30 bits per heavy atom. The van der Waals surface area contributed by atoms with Crippen molar-refractivity contribution in [2.24, 2.45) is 5.41 Å². The molecule has 4 heteroatoms. The van der Waals surface area contributed by atoms with Gasteiger partial charge in [-0.2, -0.15) is 0 Å². The average Bonchev–Trinajstić information content (AvgIpc) is 2.84. The summed E-state index contributed by atoms with van der Waals surface area (Å²) >= 11 is 0. The van der Waals surface area contributed by atoms with Gasteiger partial charge in [-0.1, -0.05) is 12.1 Å². The maximum absolute atomic E-state index is 13.8. The van der Waals surface area contributed by atoms with Crippen molar-refractivity contribution in [1.82, 2.24) is 4.90 Å². The quantitative estimate of drug-likeness (QED) is 0.903. The molecule has 2 unspecified atom stereocenters. The minimum absolute atomic E-state index is 0.122. The Morgan fingerprint density at radius 1 is 1.50 bits per heavy atom. The molecular weight excluding hydrogens is 257 g/mol. The molecule has 0 saturated carbocycles. The van der Waals surface area contributed by atoms with Gasteiger partial charge in [-0.15, -0.1) is 0 Å². The Hall–Kier alpha value is -1.42. The third kappa shape index (κ3) is 2.12. The molecule has 1 saturated heterocycles. The first-order valence-corrected chi connectivity index (χ1v) is 7.26. The Bertz CT molecular complexity index is 545. The van der Waals surface area contributed by atoms with Crippen LogP contribution < -0.4 is 0 Å². The number of aliphatic carboxylic acids is 1. The summed E-state index contributed by atoms with van der Waals surface area (Å²) in [4.78, 5) is 13.7. The van der Waals surface area contributed by atoms with Gasteiger partial charge in [-0.05, 0) is 56.3 Å². The zero-order chi connectivity index (χ0) is 14.3. The fraction of sp³-hybridized carbons (Fsp3) is 0.562. The molecule has 1 fully saturated rings. The van der Waals surface area contributed by atoms with E-state index in [9.17, 15) is 14.3 Å². The van der Waals surface area contributed by atoms with E-state index in [2.05, 4.69) is 4.90 Å². The number of hydrogen-bond donors (Lipinski definition) is 1. The van der Waals surface area contributed by atoms with E-state index < -0.39 is 11.4 Å². The molecule has 1 aromatic rings. The maximum Gasteiger partial charge on any atom is 0.310 e. The van der Waals surface area contributed by atoms with Gasteiger partial charge in [-0.25, -0.2) is 4.39 Å². The summed E-state index contributed by atoms with van der Waals surface area (Å²) in [5, 5.41) is 9.41. The minimum atomic E-state index is -0.723. The van der Waals surface area contributed by atoms with Crippen LogP contribution in [0.2, 0.25) is 0 Å². The lowest BCUT2D eigenvalue weighted by molar-refractivity contribution is -0.151. The highest BCUT2D eigenvalue weighted by Crippen LogP contribution is 2.41. The molecule has 0 amide bonds. The van der Waals surface area contributed by atoms with Crippen molar-refractivity contribution in [3.63, 3.8) is 0 Å². The summed E-state index contributed by atoms with van der Waals surface area (Å²) in [6.07, 6.45) is 3.27. The van der Waals surface area contributed by atoms with Gasteiger partial charge in [0.2, 0.25) is 0 Å². The first-order valence-electron chi connectivity index (χ1n) is 7.26. The van der Waals surface area contributed by atoms with E-state index >= 15 is 0 Å². The minimum Gasteiger partial charge on any atom is -0.481 e. The average molecular weight is 277 g/mol. The molecule has 1 aliphatic carbocycles. The molecule has 1 heterocycles. The van der Waals surface area contributed by atoms with Crippen LogP contribution in [0.3, 0.4) is 0 Å². The van der Waals surface area contributed by atoms with E-state index in [1.54, 1.807) is 6.07 Å². The van der Waals surface area contributed by atoms with Crippen molar-refractivity contribution in [3.05, 3.63) is 35.1 Å². The smallest absolute Gasteiger partial charge is 0.310 e. The van der Waals surface area contributed by atoms with E-state index in [1.807, 2.05) is 13.0 Å². The number of hydrogen-bond acceptors (Lipinski definition) is 2. The lowest BCUT2D eigenvalue weighted by atomic mass is 9.81. The zero-order valence-electron chi connectivity index (χ0n) is 11.7. The molecular formula is C16H20FNO2. The topological polar surface area (TPSA) is 40.5 Å². The number of benzene rings is 1. The van der Waals surface area contributed by atoms with Gasteiger partial charge in [-0.3, -0.25) is 9.69 Å². The van der Waals surface area contributed by atoms with E-state index in [4.69, 9.17) is 0 Å². The van der Waals surface area contributed by atoms with Gasteiger partial charge in [0.25, 0.3) is 0 Å². The van der Waals surface area contributed by atoms with Crippen LogP contribution >= 0.6 is 0 Å². The fourth-order valence-corrected chi connectivity index (χ4v) is 3.69. The normalized spacial score (nSPS) is 30.2. The first kappa shape index (κ1) is 13.6. The number of carboxylic acids is 1. The number of likely N-dealkylation sites (tertiary alicyclic amines) is 1. The molecule has 2 atom stereocenters. The highest BCUT2D eigenvalue weighted by molar-refractivity contribution is 5.74. The third-order valence-electron chi connectivity index (χ3n) is 4.86. The Morgan fingerprint density at radius 3 is 3.05 bits per heavy atom. The maximum atomic E-state index is 13.8. The summed E-state index contributed by atoms with van der Waals surface area (Å²) < 4.78 is 13.8. The predicted molar refractivity (Wildman–Crippen MR) is 74.0 cm³/mol. The second-order valence-corrected chi connectivity index (χ2v) is 6.30. The highest BCUT2D eigenvalue weighted by Gasteiger charge is 2.41. The molecule has 0 bridgehead atoms. The molecule has 20 heavy (non-hydrogen) atoms. The predicted octanol–water partition coefficient (Wildman–Crippen LogP) is 3.00. The molecule has 0 spiro atoms. The number of carbonyl (C=O) groups is 1. The van der Waals surface area contributed by atoms with Crippen molar-refractivity contribution in [3.8, 4) is 0 Å². The number of halogens is 1. The molecule has 1 aromatic carbocycles. The molecule has 0 aromatic heterocycles. The van der Waals surface area contributed by atoms with Crippen molar-refractivity contribution in [1.29, 1.82) is 0 Å². The molecule has 1 N–H and O–H groups in total. The van der Waals surface area contributed by atoms with Gasteiger partial charge in [0.15, 0.2) is 0 Å². The van der Waals surface area contributed by atoms with Crippen LogP contribution in [0, 0.1) is 11.2 Å². The van der Waals surface area contributed by atoms with Crippen LogP contribution in [0.25, 0.3) is 0 Å². The van der Waals surface area contributed by atoms with Crippen LogP contribution in [0.15, 0.2) is 18.2 Å². The Labute approximate surface area is 118 Å². The highest BCUT2D eigenvalue weighted by atomic mass is 19.1. The number of rotatable bonds is 2. The number of nitrogens with zero attached hydrogens (tertiary/aromatic N) is 1. The van der Waals surface area contributed by atoms with Gasteiger partial charge in [0.05, 0.1) is 5.41 Å². The molecule has 3 nitrogen and oxygen atoms in total. The molecule has 2 aliphatic rings. The summed E-state index contributed by atoms with van der Waals surface area (Å²) in [5.74, 6) is -0.845. The second-order valence-electron chi connectivity index (χ2n) is 6.30. The SMILES string of the molecule is CC1(C(=O)O)CCCN(C2CCc3c(F)cccc32)C1. The van der Waals surface area contributed by atoms with Gasteiger partial charge < -0.3 is 5.11 Å². The summed E-state index contributed by atoms with van der Waals surface area (Å²) in [7, 11) is 0. The van der Waals surface area contributed by atoms with Crippen LogP contribution in [-0.4, -0.2) is 29.1 Å². The zero-order valence-corrected chi connectivity index (χ0v) is 11.7. The van der Waals surface area contributed by atoms with Crippen molar-refractivity contribution < 1.29 is 14.3 Å². The number of piperidine rings is 1. The Kier molecular flexibility index (Phi) is 3.28. The van der Waals surface area contributed by atoms with E-state index in [0.717, 1.165) is 43.4 Å². The number of fused-ring (bicyclic) bond motifs is 1. The standard InChI is InChI=1S/C16H20FNO2/c1-16(15(19)20)8-3-9-18(10-16)14-7-6-11-12(14)4-2-5-13(11)17/h2,4-5,14H,3,6-10H2,1H3,(H,19,20). The van der Waals surface area contributed by atoms with Crippen molar-refractivity contribution in [2.45, 2.75) is 38.6 Å².